The van der Waals surface area contributed by atoms with Crippen molar-refractivity contribution in [1.29, 1.82) is 5.26 Å². The van der Waals surface area contributed by atoms with Gasteiger partial charge in [0.1, 0.15) is 11.0 Å². The highest BCUT2D eigenvalue weighted by atomic mass is 127. The maximum absolute atomic E-state index is 12.2. The van der Waals surface area contributed by atoms with Crippen molar-refractivity contribution in [3.05, 3.63) is 57.7 Å². The largest absolute Gasteiger partial charge is 0.280 e. The van der Waals surface area contributed by atoms with Gasteiger partial charge in [-0.2, -0.15) is 5.26 Å². The number of anilines is 1. The summed E-state index contributed by atoms with van der Waals surface area (Å²) in [6.45, 7) is 0. The summed E-state index contributed by atoms with van der Waals surface area (Å²) in [7, 11) is -3.74. The molecule has 2 aromatic carbocycles. The van der Waals surface area contributed by atoms with Crippen LogP contribution in [0, 0.1) is 14.9 Å². The molecule has 2 aromatic rings. The van der Waals surface area contributed by atoms with E-state index >= 15 is 0 Å². The first-order valence-electron chi connectivity index (χ1n) is 5.30. The Balaban J connectivity index is 2.38. The standard InChI is InChI=1S/C13H9IN2O2S/c14-11-5-7-12(8-6-11)16-19(17,18)13-4-2-1-3-10(13)9-15/h1-8,16H. The molecule has 0 radical (unpaired) electrons. The second kappa shape index (κ2) is 5.59. The van der Waals surface area contributed by atoms with Crippen molar-refractivity contribution in [3.63, 3.8) is 0 Å². The summed E-state index contributed by atoms with van der Waals surface area (Å²) in [5.74, 6) is 0. The van der Waals surface area contributed by atoms with Crippen molar-refractivity contribution >= 4 is 38.3 Å². The number of hydrogen-bond acceptors (Lipinski definition) is 3. The highest BCUT2D eigenvalue weighted by Crippen LogP contribution is 2.19. The van der Waals surface area contributed by atoms with Crippen LogP contribution >= 0.6 is 22.6 Å². The Morgan fingerprint density at radius 3 is 2.32 bits per heavy atom. The van der Waals surface area contributed by atoms with Crippen LogP contribution in [0.4, 0.5) is 5.69 Å². The predicted molar refractivity (Wildman–Crippen MR) is 81.1 cm³/mol. The molecular weight excluding hydrogens is 375 g/mol. The van der Waals surface area contributed by atoms with Gasteiger partial charge in [-0.25, -0.2) is 8.42 Å². The molecule has 0 atom stereocenters. The van der Waals surface area contributed by atoms with Gasteiger partial charge < -0.3 is 0 Å². The monoisotopic (exact) mass is 384 g/mol. The fourth-order valence-electron chi connectivity index (χ4n) is 1.52. The van der Waals surface area contributed by atoms with Gasteiger partial charge in [0.15, 0.2) is 0 Å². The van der Waals surface area contributed by atoms with E-state index in [4.69, 9.17) is 5.26 Å². The van der Waals surface area contributed by atoms with Crippen LogP contribution in [-0.4, -0.2) is 8.42 Å². The molecule has 0 unspecified atom stereocenters. The summed E-state index contributed by atoms with van der Waals surface area (Å²) in [6, 6.07) is 14.9. The third kappa shape index (κ3) is 3.24. The lowest BCUT2D eigenvalue weighted by atomic mass is 10.2. The van der Waals surface area contributed by atoms with Crippen molar-refractivity contribution in [1.82, 2.24) is 0 Å². The smallest absolute Gasteiger partial charge is 0.263 e. The van der Waals surface area contributed by atoms with Crippen LogP contribution in [0.3, 0.4) is 0 Å². The molecule has 0 saturated carbocycles. The minimum absolute atomic E-state index is 0.0175. The first-order chi connectivity index (χ1) is 9.03. The first-order valence-corrected chi connectivity index (χ1v) is 7.86. The number of rotatable bonds is 3. The Hall–Kier alpha value is -1.59. The summed E-state index contributed by atoms with van der Waals surface area (Å²) < 4.78 is 27.9. The fraction of sp³-hybridized carbons (Fsp3) is 0. The van der Waals surface area contributed by atoms with E-state index in [2.05, 4.69) is 27.3 Å². The molecule has 96 valence electrons. The molecule has 0 saturated heterocycles. The summed E-state index contributed by atoms with van der Waals surface area (Å²) in [6.07, 6.45) is 0. The molecule has 0 heterocycles. The molecular formula is C13H9IN2O2S. The quantitative estimate of drug-likeness (QED) is 0.828. The molecule has 1 N–H and O–H groups in total. The zero-order valence-corrected chi connectivity index (χ0v) is 12.6. The van der Waals surface area contributed by atoms with Crippen LogP contribution in [0.1, 0.15) is 5.56 Å². The number of nitriles is 1. The Kier molecular flexibility index (Phi) is 4.07. The molecule has 0 aliphatic carbocycles. The van der Waals surface area contributed by atoms with Crippen molar-refractivity contribution in [3.8, 4) is 6.07 Å². The maximum atomic E-state index is 12.2. The van der Waals surface area contributed by atoms with Crippen LogP contribution in [0.5, 0.6) is 0 Å². The van der Waals surface area contributed by atoms with Gasteiger partial charge in [0.05, 0.1) is 5.56 Å². The number of nitrogens with one attached hydrogen (secondary N) is 1. The number of benzene rings is 2. The van der Waals surface area contributed by atoms with E-state index in [1.165, 1.54) is 12.1 Å². The number of halogens is 1. The van der Waals surface area contributed by atoms with Crippen LogP contribution in [0.25, 0.3) is 0 Å². The minimum Gasteiger partial charge on any atom is -0.280 e. The van der Waals surface area contributed by atoms with Crippen LogP contribution < -0.4 is 4.72 Å². The highest BCUT2D eigenvalue weighted by Gasteiger charge is 2.17. The van der Waals surface area contributed by atoms with E-state index in [9.17, 15) is 8.42 Å². The van der Waals surface area contributed by atoms with E-state index in [-0.39, 0.29) is 10.5 Å². The lowest BCUT2D eigenvalue weighted by Gasteiger charge is -2.09. The average molecular weight is 384 g/mol. The Bertz CT molecular complexity index is 734. The Morgan fingerprint density at radius 2 is 1.68 bits per heavy atom. The summed E-state index contributed by atoms with van der Waals surface area (Å²) in [5.41, 5.74) is 0.591. The van der Waals surface area contributed by atoms with Gasteiger partial charge in [0.2, 0.25) is 0 Å². The molecule has 0 fully saturated rings. The molecule has 0 aliphatic rings. The number of sulfonamides is 1. The van der Waals surface area contributed by atoms with Crippen molar-refractivity contribution in [2.24, 2.45) is 0 Å². The van der Waals surface area contributed by atoms with Gasteiger partial charge in [-0.1, -0.05) is 12.1 Å². The minimum atomic E-state index is -3.74. The van der Waals surface area contributed by atoms with Gasteiger partial charge in [-0.05, 0) is 59.0 Å². The number of nitrogens with zero attached hydrogens (tertiary/aromatic N) is 1. The summed E-state index contributed by atoms with van der Waals surface area (Å²) in [4.78, 5) is -0.0175. The lowest BCUT2D eigenvalue weighted by molar-refractivity contribution is 0.601. The second-order valence-electron chi connectivity index (χ2n) is 3.72. The summed E-state index contributed by atoms with van der Waals surface area (Å²) in [5, 5.41) is 8.94. The highest BCUT2D eigenvalue weighted by molar-refractivity contribution is 14.1. The van der Waals surface area contributed by atoms with Gasteiger partial charge in [0, 0.05) is 9.26 Å². The van der Waals surface area contributed by atoms with E-state index in [0.29, 0.717) is 5.69 Å². The topological polar surface area (TPSA) is 70.0 Å². The Labute approximate surface area is 125 Å². The van der Waals surface area contributed by atoms with Crippen molar-refractivity contribution in [2.45, 2.75) is 4.90 Å². The molecule has 0 aromatic heterocycles. The second-order valence-corrected chi connectivity index (χ2v) is 6.62. The number of hydrogen-bond donors (Lipinski definition) is 1. The SMILES string of the molecule is N#Cc1ccccc1S(=O)(=O)Nc1ccc(I)cc1. The molecule has 0 bridgehead atoms. The van der Waals surface area contributed by atoms with Gasteiger partial charge in [0.25, 0.3) is 10.0 Å². The average Bonchev–Trinajstić information content (AvgIpc) is 2.41. The van der Waals surface area contributed by atoms with Gasteiger partial charge >= 0.3 is 0 Å². The van der Waals surface area contributed by atoms with E-state index in [1.807, 2.05) is 6.07 Å². The van der Waals surface area contributed by atoms with Gasteiger partial charge in [-0.15, -0.1) is 0 Å². The molecule has 6 heteroatoms. The van der Waals surface area contributed by atoms with Crippen LogP contribution in [0.15, 0.2) is 53.4 Å². The predicted octanol–water partition coefficient (Wildman–Crippen LogP) is 2.96. The van der Waals surface area contributed by atoms with Crippen LogP contribution in [-0.2, 0) is 10.0 Å². The molecule has 4 nitrogen and oxygen atoms in total. The normalized spacial score (nSPS) is 10.7. The van der Waals surface area contributed by atoms with E-state index in [0.717, 1.165) is 3.57 Å². The summed E-state index contributed by atoms with van der Waals surface area (Å²) >= 11 is 2.14. The molecule has 0 aliphatic heterocycles. The molecule has 19 heavy (non-hydrogen) atoms. The molecule has 2 rings (SSSR count). The van der Waals surface area contributed by atoms with Crippen molar-refractivity contribution < 1.29 is 8.42 Å². The third-order valence-electron chi connectivity index (χ3n) is 2.39. The third-order valence-corrected chi connectivity index (χ3v) is 4.55. The maximum Gasteiger partial charge on any atom is 0.263 e. The van der Waals surface area contributed by atoms with Crippen molar-refractivity contribution in [2.75, 3.05) is 4.72 Å². The Morgan fingerprint density at radius 1 is 1.05 bits per heavy atom. The molecule has 0 amide bonds. The lowest BCUT2D eigenvalue weighted by Crippen LogP contribution is -2.14. The molecule has 0 spiro atoms. The zero-order chi connectivity index (χ0) is 13.9. The zero-order valence-electron chi connectivity index (χ0n) is 9.67. The van der Waals surface area contributed by atoms with E-state index in [1.54, 1.807) is 36.4 Å². The van der Waals surface area contributed by atoms with Crippen LogP contribution in [0.2, 0.25) is 0 Å². The van der Waals surface area contributed by atoms with E-state index < -0.39 is 10.0 Å². The fourth-order valence-corrected chi connectivity index (χ4v) is 3.10. The first kappa shape index (κ1) is 13.8. The van der Waals surface area contributed by atoms with Gasteiger partial charge in [-0.3, -0.25) is 4.72 Å².